The minimum absolute atomic E-state index is 0.0819. The van der Waals surface area contributed by atoms with E-state index in [1.807, 2.05) is 66.6 Å². The molecule has 0 saturated heterocycles. The maximum absolute atomic E-state index is 13.7. The van der Waals surface area contributed by atoms with Crippen LogP contribution in [0.2, 0.25) is 5.02 Å². The lowest BCUT2D eigenvalue weighted by atomic mass is 10.0. The van der Waals surface area contributed by atoms with Crippen molar-refractivity contribution in [2.75, 3.05) is 42.3 Å². The second-order valence-corrected chi connectivity index (χ2v) is 13.9. The molecule has 0 bridgehead atoms. The summed E-state index contributed by atoms with van der Waals surface area (Å²) in [6.07, 6.45) is 0. The van der Waals surface area contributed by atoms with Gasteiger partial charge in [-0.3, -0.25) is 4.79 Å². The monoisotopic (exact) mass is 641 g/mol. The number of para-hydroxylation sites is 1. The fourth-order valence-corrected chi connectivity index (χ4v) is 7.99. The molecule has 8 nitrogen and oxygen atoms in total. The maximum Gasteiger partial charge on any atom is 0.449 e. The number of rotatable bonds is 8. The van der Waals surface area contributed by atoms with Crippen molar-refractivity contribution in [3.05, 3.63) is 94.5 Å². The third-order valence-corrected chi connectivity index (χ3v) is 10.4. The van der Waals surface area contributed by atoms with Crippen molar-refractivity contribution in [2.45, 2.75) is 4.83 Å². The molecular weight excluding hydrogens is 613 g/mol. The summed E-state index contributed by atoms with van der Waals surface area (Å²) in [6.45, 7) is 0. The average molecular weight is 643 g/mol. The summed E-state index contributed by atoms with van der Waals surface area (Å²) in [5.41, 5.74) is 2.05. The number of fused-ring (bicyclic) bond motifs is 1. The van der Waals surface area contributed by atoms with Gasteiger partial charge in [0.15, 0.2) is 5.78 Å². The van der Waals surface area contributed by atoms with E-state index in [-0.39, 0.29) is 21.9 Å². The maximum atomic E-state index is 13.7. The Morgan fingerprint density at radius 2 is 1.51 bits per heavy atom. The summed E-state index contributed by atoms with van der Waals surface area (Å²) >= 11 is 9.04. The van der Waals surface area contributed by atoms with Crippen molar-refractivity contribution in [2.24, 2.45) is 0 Å². The molecule has 39 heavy (non-hydrogen) atoms. The Bertz CT molecular complexity index is 1380. The van der Waals surface area contributed by atoms with Crippen LogP contribution in [0.1, 0.15) is 20.7 Å². The van der Waals surface area contributed by atoms with Crippen LogP contribution in [0.3, 0.4) is 0 Å². The Kier molecular flexibility index (Phi) is 10.5. The minimum Gasteiger partial charge on any atom is -0.293 e. The topological polar surface area (TPSA) is 66.7 Å². The van der Waals surface area contributed by atoms with Gasteiger partial charge in [-0.25, -0.2) is 8.78 Å². The molecule has 0 aliphatic carbocycles. The Labute approximate surface area is 240 Å². The van der Waals surface area contributed by atoms with Gasteiger partial charge in [0.1, 0.15) is 27.5 Å². The molecule has 0 aliphatic heterocycles. The molecule has 4 aromatic rings. The van der Waals surface area contributed by atoms with Crippen LogP contribution in [0, 0.1) is 11.6 Å². The highest BCUT2D eigenvalue weighted by molar-refractivity contribution is 9.09. The molecule has 0 aliphatic rings. The largest absolute Gasteiger partial charge is 0.449 e. The van der Waals surface area contributed by atoms with Crippen LogP contribution < -0.4 is 4.62 Å². The van der Waals surface area contributed by atoms with Gasteiger partial charge in [0.25, 0.3) is 0 Å². The molecule has 0 radical (unpaired) electrons. The Morgan fingerprint density at radius 3 is 2.08 bits per heavy atom. The van der Waals surface area contributed by atoms with Crippen LogP contribution in [0.4, 0.5) is 8.78 Å². The fourth-order valence-electron chi connectivity index (χ4n) is 3.95. The summed E-state index contributed by atoms with van der Waals surface area (Å²) in [5.74, 6) is -1.39. The van der Waals surface area contributed by atoms with E-state index >= 15 is 0 Å². The second kappa shape index (κ2) is 13.2. The molecular formula is C26H30BrClF2N6O2P+. The zero-order chi connectivity index (χ0) is 28.9. The highest BCUT2D eigenvalue weighted by Crippen LogP contribution is 2.61. The van der Waals surface area contributed by atoms with Gasteiger partial charge in [0, 0.05) is 58.4 Å². The molecule has 13 heteroatoms. The van der Waals surface area contributed by atoms with Crippen LogP contribution in [0.5, 0.6) is 0 Å². The number of benzene rings is 3. The molecule has 0 spiro atoms. The van der Waals surface area contributed by atoms with Crippen molar-refractivity contribution < 1.29 is 18.2 Å². The van der Waals surface area contributed by atoms with E-state index in [1.54, 1.807) is 0 Å². The molecule has 1 atom stereocenters. The first-order chi connectivity index (χ1) is 18.4. The zero-order valence-corrected chi connectivity index (χ0v) is 25.6. The summed E-state index contributed by atoms with van der Waals surface area (Å²) in [5, 5.41) is 8.41. The normalized spacial score (nSPS) is 12.5. The van der Waals surface area contributed by atoms with Crippen molar-refractivity contribution >= 4 is 52.3 Å². The summed E-state index contributed by atoms with van der Waals surface area (Å²) < 4.78 is 39.0. The fraction of sp³-hybridized carbons (Fsp3) is 0.269. The number of carbonyl (C=O) groups excluding carboxylic acids is 1. The Morgan fingerprint density at radius 1 is 0.923 bits per heavy atom. The average Bonchev–Trinajstić information content (AvgIpc) is 3.29. The molecule has 1 unspecified atom stereocenters. The quantitative estimate of drug-likeness (QED) is 0.130. The SMILES string of the molecule is CN(C)[P+](On1nnc2ccccc21)(N(C)C)N(C)C.O=C(c1ccc(F)cc1)C(Br)c1c(F)cccc1Cl. The zero-order valence-electron chi connectivity index (χ0n) is 22.4. The number of nitrogens with zero attached hydrogens (tertiary/aromatic N) is 6. The summed E-state index contributed by atoms with van der Waals surface area (Å²) in [7, 11) is 9.90. The van der Waals surface area contributed by atoms with Crippen molar-refractivity contribution in [3.8, 4) is 0 Å². The lowest BCUT2D eigenvalue weighted by Gasteiger charge is -2.35. The summed E-state index contributed by atoms with van der Waals surface area (Å²) in [6, 6.07) is 17.0. The van der Waals surface area contributed by atoms with Crippen LogP contribution in [0.15, 0.2) is 66.7 Å². The van der Waals surface area contributed by atoms with Gasteiger partial charge in [0.2, 0.25) is 0 Å². The molecule has 0 fully saturated rings. The van der Waals surface area contributed by atoms with Crippen molar-refractivity contribution in [1.29, 1.82) is 0 Å². The Balaban J connectivity index is 0.000000216. The lowest BCUT2D eigenvalue weighted by molar-refractivity contribution is 0.0990. The van der Waals surface area contributed by atoms with Gasteiger partial charge in [-0.15, -0.1) is 19.1 Å². The van der Waals surface area contributed by atoms with E-state index in [1.165, 1.54) is 47.3 Å². The minimum atomic E-state index is -2.14. The van der Waals surface area contributed by atoms with Crippen LogP contribution in [-0.4, -0.2) is 77.2 Å². The summed E-state index contributed by atoms with van der Waals surface area (Å²) in [4.78, 5) is 12.8. The number of halogens is 4. The molecule has 0 amide bonds. The highest BCUT2D eigenvalue weighted by atomic mass is 79.9. The third-order valence-electron chi connectivity index (χ3n) is 5.68. The predicted molar refractivity (Wildman–Crippen MR) is 156 cm³/mol. The third kappa shape index (κ3) is 6.80. The van der Waals surface area contributed by atoms with E-state index in [0.29, 0.717) is 0 Å². The molecule has 3 aromatic carbocycles. The van der Waals surface area contributed by atoms with Crippen molar-refractivity contribution in [1.82, 2.24) is 29.2 Å². The van der Waals surface area contributed by atoms with Gasteiger partial charge >= 0.3 is 7.94 Å². The van der Waals surface area contributed by atoms with E-state index < -0.39 is 24.4 Å². The van der Waals surface area contributed by atoms with Crippen LogP contribution >= 0.6 is 35.5 Å². The number of ketones is 1. The molecule has 1 aromatic heterocycles. The van der Waals surface area contributed by atoms with Gasteiger partial charge in [-0.05, 0) is 58.6 Å². The van der Waals surface area contributed by atoms with Gasteiger partial charge < -0.3 is 0 Å². The smallest absolute Gasteiger partial charge is 0.293 e. The molecule has 1 heterocycles. The number of aromatic nitrogens is 3. The number of hydrogen-bond acceptors (Lipinski definition) is 7. The lowest BCUT2D eigenvalue weighted by Crippen LogP contribution is -2.42. The van der Waals surface area contributed by atoms with Crippen LogP contribution in [-0.2, 0) is 0 Å². The van der Waals surface area contributed by atoms with Crippen LogP contribution in [0.25, 0.3) is 11.0 Å². The molecule has 0 saturated carbocycles. The first-order valence-corrected chi connectivity index (χ1v) is 14.6. The first kappa shape index (κ1) is 31.0. The standard InChI is InChI=1S/C14H8BrClF2O.C12H22N6OP/c15-13(12-10(16)2-1-3-11(12)18)14(19)8-4-6-9(17)7-5-8;1-15(2)20(16(3)4,17(5)6)19-18-12-10-8-7-9-11(12)13-14-18/h1-7,13H;7-10H,1-6H3/q;+1. The number of hydrogen-bond donors (Lipinski definition) is 0. The number of Topliss-reactive ketones (excluding diaryl/α,β-unsaturated/α-hetero) is 1. The highest BCUT2D eigenvalue weighted by Gasteiger charge is 2.54. The van der Waals surface area contributed by atoms with Gasteiger partial charge in [-0.2, -0.15) is 4.62 Å². The van der Waals surface area contributed by atoms with Gasteiger partial charge in [-0.1, -0.05) is 45.7 Å². The second-order valence-electron chi connectivity index (χ2n) is 8.96. The predicted octanol–water partition coefficient (Wildman–Crippen LogP) is 6.16. The Hall–Kier alpha value is -2.53. The van der Waals surface area contributed by atoms with Crippen molar-refractivity contribution in [3.63, 3.8) is 0 Å². The van der Waals surface area contributed by atoms with E-state index in [9.17, 15) is 13.6 Å². The molecule has 0 N–H and O–H groups in total. The van der Waals surface area contributed by atoms with E-state index in [4.69, 9.17) is 16.2 Å². The van der Waals surface area contributed by atoms with E-state index in [2.05, 4.69) is 40.3 Å². The number of carbonyl (C=O) groups is 1. The first-order valence-electron chi connectivity index (χ1n) is 11.7. The van der Waals surface area contributed by atoms with Gasteiger partial charge in [0.05, 0.1) is 0 Å². The van der Waals surface area contributed by atoms with E-state index in [0.717, 1.165) is 11.0 Å². The molecule has 4 rings (SSSR count). The number of alkyl halides is 1. The molecule has 208 valence electrons.